The average Bonchev–Trinajstić information content (AvgIpc) is 3.10. The zero-order valence-electron chi connectivity index (χ0n) is 25.0. The lowest BCUT2D eigenvalue weighted by Gasteiger charge is -2.16. The second kappa shape index (κ2) is 10.7. The molecule has 7 aromatic carbocycles. The van der Waals surface area contributed by atoms with Gasteiger partial charge in [0, 0.05) is 16.5 Å². The smallest absolute Gasteiger partial charge is 0.160 e. The molecule has 2 nitrogen and oxygen atoms in total. The quantitative estimate of drug-likeness (QED) is 0.194. The molecular weight excluding hydrogens is 532 g/mol. The highest BCUT2D eigenvalue weighted by Crippen LogP contribution is 2.36. The number of fused-ring (bicyclic) bond motifs is 5. The van der Waals surface area contributed by atoms with E-state index in [1.807, 2.05) is 0 Å². The molecule has 0 radical (unpaired) electrons. The summed E-state index contributed by atoms with van der Waals surface area (Å²) in [5.41, 5.74) is 9.36. The molecule has 0 atom stereocenters. The van der Waals surface area contributed by atoms with Crippen LogP contribution in [0.4, 0.5) is 0 Å². The molecule has 0 bridgehead atoms. The molecule has 2 heteroatoms. The molecule has 0 saturated carbocycles. The van der Waals surface area contributed by atoms with E-state index in [-0.39, 0.29) is 0 Å². The predicted octanol–water partition coefficient (Wildman–Crippen LogP) is 11.2. The number of aryl methyl sites for hydroxylation is 2. The highest BCUT2D eigenvalue weighted by atomic mass is 14.9. The summed E-state index contributed by atoms with van der Waals surface area (Å²) >= 11 is 0. The van der Waals surface area contributed by atoms with Crippen LogP contribution < -0.4 is 0 Å². The Labute approximate surface area is 257 Å². The van der Waals surface area contributed by atoms with Gasteiger partial charge in [0.1, 0.15) is 0 Å². The molecule has 8 aromatic rings. The summed E-state index contributed by atoms with van der Waals surface area (Å²) in [4.78, 5) is 10.3. The Morgan fingerprint density at radius 3 is 1.89 bits per heavy atom. The van der Waals surface area contributed by atoms with Gasteiger partial charge in [-0.25, -0.2) is 9.97 Å². The lowest BCUT2D eigenvalue weighted by atomic mass is 9.89. The lowest BCUT2D eigenvalue weighted by molar-refractivity contribution is 1.12. The molecular formula is C42H32N2. The van der Waals surface area contributed by atoms with E-state index in [2.05, 4.69) is 147 Å². The standard InChI is InChI=1S/C42H32N2/c1-3-27-24-34(20-22-36(27)39-26-31-13-6-5-12-30(31)23-28(39)4-2)42-43-40-16-10-9-15-38(40)41(44-42)33-19-21-37-32(25-33)18-17-29-11-7-8-14-35(29)37/h5-26H,3-4H2,1-2H3. The second-order valence-corrected chi connectivity index (χ2v) is 11.6. The third-order valence-electron chi connectivity index (χ3n) is 9.01. The van der Waals surface area contributed by atoms with Gasteiger partial charge in [0.2, 0.25) is 0 Å². The maximum atomic E-state index is 5.25. The Morgan fingerprint density at radius 1 is 0.432 bits per heavy atom. The summed E-state index contributed by atoms with van der Waals surface area (Å²) in [5, 5.41) is 8.63. The molecule has 0 aliphatic carbocycles. The van der Waals surface area contributed by atoms with Crippen LogP contribution in [-0.4, -0.2) is 9.97 Å². The predicted molar refractivity (Wildman–Crippen MR) is 187 cm³/mol. The van der Waals surface area contributed by atoms with Gasteiger partial charge in [-0.1, -0.05) is 123 Å². The van der Waals surface area contributed by atoms with Crippen molar-refractivity contribution in [3.8, 4) is 33.8 Å². The van der Waals surface area contributed by atoms with Gasteiger partial charge >= 0.3 is 0 Å². The van der Waals surface area contributed by atoms with E-state index >= 15 is 0 Å². The largest absolute Gasteiger partial charge is 0.228 e. The van der Waals surface area contributed by atoms with Gasteiger partial charge in [0.15, 0.2) is 5.82 Å². The minimum absolute atomic E-state index is 0.757. The Hall–Kier alpha value is -5.34. The first-order chi connectivity index (χ1) is 21.7. The van der Waals surface area contributed by atoms with Gasteiger partial charge in [0.05, 0.1) is 11.2 Å². The Bertz CT molecular complexity index is 2370. The molecule has 0 aliphatic rings. The number of benzene rings is 7. The number of aromatic nitrogens is 2. The molecule has 44 heavy (non-hydrogen) atoms. The van der Waals surface area contributed by atoms with Crippen LogP contribution >= 0.6 is 0 Å². The van der Waals surface area contributed by atoms with E-state index in [1.165, 1.54) is 54.6 Å². The topological polar surface area (TPSA) is 25.8 Å². The summed E-state index contributed by atoms with van der Waals surface area (Å²) in [5.74, 6) is 0.757. The van der Waals surface area contributed by atoms with Crippen molar-refractivity contribution in [2.75, 3.05) is 0 Å². The fourth-order valence-corrected chi connectivity index (χ4v) is 6.70. The molecule has 0 N–H and O–H groups in total. The van der Waals surface area contributed by atoms with Gasteiger partial charge in [0.25, 0.3) is 0 Å². The Balaban J connectivity index is 1.28. The monoisotopic (exact) mass is 564 g/mol. The van der Waals surface area contributed by atoms with Crippen LogP contribution in [0.1, 0.15) is 25.0 Å². The number of nitrogens with zero attached hydrogens (tertiary/aromatic N) is 2. The van der Waals surface area contributed by atoms with Gasteiger partial charge < -0.3 is 0 Å². The van der Waals surface area contributed by atoms with Crippen molar-refractivity contribution in [3.63, 3.8) is 0 Å². The molecule has 0 fully saturated rings. The molecule has 0 spiro atoms. The minimum atomic E-state index is 0.757. The molecule has 1 heterocycles. The van der Waals surface area contributed by atoms with Crippen molar-refractivity contribution >= 4 is 43.2 Å². The molecule has 0 saturated heterocycles. The van der Waals surface area contributed by atoms with Crippen molar-refractivity contribution in [1.82, 2.24) is 9.97 Å². The van der Waals surface area contributed by atoms with Gasteiger partial charge in [-0.05, 0) is 91.7 Å². The van der Waals surface area contributed by atoms with Crippen LogP contribution in [-0.2, 0) is 12.8 Å². The Morgan fingerprint density at radius 2 is 1.07 bits per heavy atom. The zero-order chi connectivity index (χ0) is 29.6. The first-order valence-electron chi connectivity index (χ1n) is 15.5. The van der Waals surface area contributed by atoms with Crippen LogP contribution in [0.5, 0.6) is 0 Å². The number of hydrogen-bond acceptors (Lipinski definition) is 2. The zero-order valence-corrected chi connectivity index (χ0v) is 25.0. The summed E-state index contributed by atoms with van der Waals surface area (Å²) < 4.78 is 0. The fourth-order valence-electron chi connectivity index (χ4n) is 6.70. The van der Waals surface area contributed by atoms with E-state index < -0.39 is 0 Å². The molecule has 0 aliphatic heterocycles. The van der Waals surface area contributed by atoms with Crippen LogP contribution in [0.15, 0.2) is 133 Å². The van der Waals surface area contributed by atoms with Crippen LogP contribution in [0.25, 0.3) is 77.0 Å². The van der Waals surface area contributed by atoms with Gasteiger partial charge in [-0.2, -0.15) is 0 Å². The first-order valence-corrected chi connectivity index (χ1v) is 15.5. The summed E-state index contributed by atoms with van der Waals surface area (Å²) in [6, 6.07) is 48.2. The molecule has 0 amide bonds. The van der Waals surface area contributed by atoms with Gasteiger partial charge in [-0.3, -0.25) is 0 Å². The van der Waals surface area contributed by atoms with Crippen LogP contribution in [0.2, 0.25) is 0 Å². The third kappa shape index (κ3) is 4.42. The average molecular weight is 565 g/mol. The van der Waals surface area contributed by atoms with E-state index in [1.54, 1.807) is 0 Å². The van der Waals surface area contributed by atoms with Gasteiger partial charge in [-0.15, -0.1) is 0 Å². The van der Waals surface area contributed by atoms with E-state index in [0.29, 0.717) is 0 Å². The van der Waals surface area contributed by atoms with Crippen molar-refractivity contribution in [3.05, 3.63) is 145 Å². The molecule has 1 aromatic heterocycles. The van der Waals surface area contributed by atoms with Crippen molar-refractivity contribution in [1.29, 1.82) is 0 Å². The number of rotatable bonds is 5. The lowest BCUT2D eigenvalue weighted by Crippen LogP contribution is -1.98. The summed E-state index contributed by atoms with van der Waals surface area (Å²) in [6.45, 7) is 4.48. The first kappa shape index (κ1) is 26.3. The third-order valence-corrected chi connectivity index (χ3v) is 9.01. The van der Waals surface area contributed by atoms with Crippen molar-refractivity contribution < 1.29 is 0 Å². The van der Waals surface area contributed by atoms with E-state index in [4.69, 9.17) is 9.97 Å². The molecule has 210 valence electrons. The maximum Gasteiger partial charge on any atom is 0.160 e. The maximum absolute atomic E-state index is 5.25. The number of hydrogen-bond donors (Lipinski definition) is 0. The SMILES string of the molecule is CCc1cc(-c2nc(-c3ccc4c(ccc5ccccc54)c3)c3ccccc3n2)ccc1-c1cc2ccccc2cc1CC. The van der Waals surface area contributed by atoms with E-state index in [9.17, 15) is 0 Å². The van der Waals surface area contributed by atoms with E-state index in [0.717, 1.165) is 46.4 Å². The fraction of sp³-hybridized carbons (Fsp3) is 0.0952. The highest BCUT2D eigenvalue weighted by Gasteiger charge is 2.15. The number of para-hydroxylation sites is 1. The van der Waals surface area contributed by atoms with Crippen LogP contribution in [0.3, 0.4) is 0 Å². The summed E-state index contributed by atoms with van der Waals surface area (Å²) in [6.07, 6.45) is 1.92. The normalized spacial score (nSPS) is 11.6. The minimum Gasteiger partial charge on any atom is -0.228 e. The molecule has 8 rings (SSSR count). The second-order valence-electron chi connectivity index (χ2n) is 11.6. The van der Waals surface area contributed by atoms with Crippen LogP contribution in [0, 0.1) is 0 Å². The van der Waals surface area contributed by atoms with Crippen molar-refractivity contribution in [2.45, 2.75) is 26.7 Å². The van der Waals surface area contributed by atoms with Crippen molar-refractivity contribution in [2.24, 2.45) is 0 Å². The summed E-state index contributed by atoms with van der Waals surface area (Å²) in [7, 11) is 0. The Kier molecular flexibility index (Phi) is 6.42. The highest BCUT2D eigenvalue weighted by molar-refractivity contribution is 6.09. The molecule has 0 unspecified atom stereocenters.